The molecule has 0 bridgehead atoms. The van der Waals surface area contributed by atoms with Crippen LogP contribution in [0.25, 0.3) is 0 Å². The number of carbonyl (C=O) groups is 1. The number of pyridine rings is 1. The fraction of sp³-hybridized carbons (Fsp3) is 0.333. The molecule has 0 aliphatic carbocycles. The van der Waals surface area contributed by atoms with Crippen LogP contribution in [0.4, 0.5) is 11.5 Å². The standard InChI is InChI=1S/C9H9BrClN3O/c10-5-3-8(15)14(4-5)6-1-2-7(11)13-9(6)12/h1-2,5H,3-4H2,(H2,12,13). The highest BCUT2D eigenvalue weighted by Gasteiger charge is 2.30. The van der Waals surface area contributed by atoms with Crippen LogP contribution < -0.4 is 10.6 Å². The van der Waals surface area contributed by atoms with Gasteiger partial charge in [-0.25, -0.2) is 4.98 Å². The first-order valence-electron chi connectivity index (χ1n) is 4.44. The summed E-state index contributed by atoms with van der Waals surface area (Å²) in [4.78, 5) is 17.3. The van der Waals surface area contributed by atoms with E-state index in [1.54, 1.807) is 17.0 Å². The number of rotatable bonds is 1. The SMILES string of the molecule is Nc1nc(Cl)ccc1N1CC(Br)CC1=O. The summed E-state index contributed by atoms with van der Waals surface area (Å²) in [6.07, 6.45) is 0.488. The Morgan fingerprint density at radius 3 is 2.87 bits per heavy atom. The maximum atomic E-state index is 11.6. The van der Waals surface area contributed by atoms with Crippen LogP contribution in [-0.4, -0.2) is 22.3 Å². The minimum absolute atomic E-state index is 0.0488. The second kappa shape index (κ2) is 3.98. The van der Waals surface area contributed by atoms with Gasteiger partial charge < -0.3 is 10.6 Å². The third kappa shape index (κ3) is 2.08. The molecule has 1 atom stereocenters. The van der Waals surface area contributed by atoms with Gasteiger partial charge in [-0.15, -0.1) is 0 Å². The maximum Gasteiger partial charge on any atom is 0.228 e. The second-order valence-electron chi connectivity index (χ2n) is 3.34. The third-order valence-corrected chi connectivity index (χ3v) is 3.06. The number of amides is 1. The minimum Gasteiger partial charge on any atom is -0.382 e. The third-order valence-electron chi connectivity index (χ3n) is 2.24. The summed E-state index contributed by atoms with van der Waals surface area (Å²) >= 11 is 9.09. The average molecular weight is 291 g/mol. The number of anilines is 2. The van der Waals surface area contributed by atoms with E-state index >= 15 is 0 Å². The molecule has 0 saturated carbocycles. The van der Waals surface area contributed by atoms with Gasteiger partial charge in [0.1, 0.15) is 11.0 Å². The molecule has 1 aliphatic heterocycles. The Morgan fingerprint density at radius 2 is 2.33 bits per heavy atom. The Hall–Kier alpha value is -0.810. The van der Waals surface area contributed by atoms with Crippen molar-refractivity contribution in [2.24, 2.45) is 0 Å². The summed E-state index contributed by atoms with van der Waals surface area (Å²) in [5.41, 5.74) is 6.34. The number of hydrogen-bond acceptors (Lipinski definition) is 3. The van der Waals surface area contributed by atoms with E-state index in [2.05, 4.69) is 20.9 Å². The van der Waals surface area contributed by atoms with E-state index < -0.39 is 0 Å². The number of aromatic nitrogens is 1. The highest BCUT2D eigenvalue weighted by Crippen LogP contribution is 2.29. The van der Waals surface area contributed by atoms with E-state index in [0.717, 1.165) is 0 Å². The fourth-order valence-electron chi connectivity index (χ4n) is 1.57. The Kier molecular flexibility index (Phi) is 2.84. The lowest BCUT2D eigenvalue weighted by Crippen LogP contribution is -2.25. The fourth-order valence-corrected chi connectivity index (χ4v) is 2.29. The quantitative estimate of drug-likeness (QED) is 0.634. The van der Waals surface area contributed by atoms with Gasteiger partial charge in [0.15, 0.2) is 0 Å². The summed E-state index contributed by atoms with van der Waals surface area (Å²) in [6.45, 7) is 0.617. The number of alkyl halides is 1. The Morgan fingerprint density at radius 1 is 1.60 bits per heavy atom. The molecule has 2 heterocycles. The molecule has 2 rings (SSSR count). The maximum absolute atomic E-state index is 11.6. The zero-order chi connectivity index (χ0) is 11.0. The van der Waals surface area contributed by atoms with Gasteiger partial charge in [0.05, 0.1) is 5.69 Å². The first-order chi connectivity index (χ1) is 7.08. The summed E-state index contributed by atoms with van der Waals surface area (Å²) in [5, 5.41) is 0.332. The molecular weight excluding hydrogens is 281 g/mol. The summed E-state index contributed by atoms with van der Waals surface area (Å²) in [5.74, 6) is 0.338. The second-order valence-corrected chi connectivity index (χ2v) is 5.03. The monoisotopic (exact) mass is 289 g/mol. The van der Waals surface area contributed by atoms with E-state index in [1.165, 1.54) is 0 Å². The van der Waals surface area contributed by atoms with Gasteiger partial charge in [0.25, 0.3) is 0 Å². The van der Waals surface area contributed by atoms with Crippen molar-refractivity contribution in [1.29, 1.82) is 0 Å². The highest BCUT2D eigenvalue weighted by molar-refractivity contribution is 9.09. The topological polar surface area (TPSA) is 59.2 Å². The highest BCUT2D eigenvalue weighted by atomic mass is 79.9. The molecule has 0 radical (unpaired) electrons. The molecule has 2 N–H and O–H groups in total. The van der Waals surface area contributed by atoms with Gasteiger partial charge in [0, 0.05) is 17.8 Å². The summed E-state index contributed by atoms with van der Waals surface area (Å²) in [7, 11) is 0. The molecule has 4 nitrogen and oxygen atoms in total. The van der Waals surface area contributed by atoms with Gasteiger partial charge in [-0.3, -0.25) is 4.79 Å². The zero-order valence-corrected chi connectivity index (χ0v) is 10.1. The van der Waals surface area contributed by atoms with Crippen LogP contribution >= 0.6 is 27.5 Å². The average Bonchev–Trinajstić information content (AvgIpc) is 2.45. The van der Waals surface area contributed by atoms with E-state index in [1.807, 2.05) is 0 Å². The minimum atomic E-state index is 0.0488. The van der Waals surface area contributed by atoms with Crippen molar-refractivity contribution in [3.8, 4) is 0 Å². The molecule has 80 valence electrons. The van der Waals surface area contributed by atoms with Crippen molar-refractivity contribution in [3.63, 3.8) is 0 Å². The lowest BCUT2D eigenvalue weighted by atomic mass is 10.3. The van der Waals surface area contributed by atoms with Crippen molar-refractivity contribution in [1.82, 2.24) is 4.98 Å². The van der Waals surface area contributed by atoms with E-state index in [9.17, 15) is 4.79 Å². The van der Waals surface area contributed by atoms with E-state index in [0.29, 0.717) is 23.8 Å². The Labute approximate surface area is 101 Å². The number of nitrogens with zero attached hydrogens (tertiary/aromatic N) is 2. The van der Waals surface area contributed by atoms with Gasteiger partial charge >= 0.3 is 0 Å². The molecule has 1 saturated heterocycles. The number of halogens is 2. The largest absolute Gasteiger partial charge is 0.382 e. The van der Waals surface area contributed by atoms with Crippen LogP contribution in [0.1, 0.15) is 6.42 Å². The molecule has 1 fully saturated rings. The first-order valence-corrected chi connectivity index (χ1v) is 5.74. The van der Waals surface area contributed by atoms with Crippen molar-refractivity contribution in [2.45, 2.75) is 11.2 Å². The van der Waals surface area contributed by atoms with Crippen molar-refractivity contribution in [3.05, 3.63) is 17.3 Å². The van der Waals surface area contributed by atoms with Gasteiger partial charge in [-0.1, -0.05) is 27.5 Å². The predicted octanol–water partition coefficient (Wildman–Crippen LogP) is 1.82. The van der Waals surface area contributed by atoms with Gasteiger partial charge in [-0.05, 0) is 12.1 Å². The number of nitrogens with two attached hydrogens (primary N) is 1. The van der Waals surface area contributed by atoms with Crippen LogP contribution in [0.5, 0.6) is 0 Å². The predicted molar refractivity (Wildman–Crippen MR) is 63.3 cm³/mol. The molecule has 1 amide bonds. The zero-order valence-electron chi connectivity index (χ0n) is 7.78. The van der Waals surface area contributed by atoms with Gasteiger partial charge in [-0.2, -0.15) is 0 Å². The summed E-state index contributed by atoms with van der Waals surface area (Å²) < 4.78 is 0. The molecule has 1 unspecified atom stereocenters. The Bertz CT molecular complexity index is 412. The molecule has 1 aromatic heterocycles. The Balaban J connectivity index is 2.34. The van der Waals surface area contributed by atoms with Crippen LogP contribution in [0.3, 0.4) is 0 Å². The molecule has 15 heavy (non-hydrogen) atoms. The van der Waals surface area contributed by atoms with Crippen LogP contribution in [0, 0.1) is 0 Å². The molecule has 6 heteroatoms. The molecule has 0 spiro atoms. The summed E-state index contributed by atoms with van der Waals surface area (Å²) in [6, 6.07) is 3.34. The van der Waals surface area contributed by atoms with Crippen LogP contribution in [0.15, 0.2) is 12.1 Å². The molecule has 1 aromatic rings. The molecule has 1 aliphatic rings. The van der Waals surface area contributed by atoms with Crippen LogP contribution in [0.2, 0.25) is 5.15 Å². The smallest absolute Gasteiger partial charge is 0.228 e. The number of carbonyl (C=O) groups excluding carboxylic acids is 1. The lowest BCUT2D eigenvalue weighted by Gasteiger charge is -2.17. The lowest BCUT2D eigenvalue weighted by molar-refractivity contribution is -0.117. The number of nitrogen functional groups attached to an aromatic ring is 1. The molecule has 0 aromatic carbocycles. The van der Waals surface area contributed by atoms with Gasteiger partial charge in [0.2, 0.25) is 5.91 Å². The van der Waals surface area contributed by atoms with E-state index in [4.69, 9.17) is 17.3 Å². The number of hydrogen-bond donors (Lipinski definition) is 1. The van der Waals surface area contributed by atoms with Crippen molar-refractivity contribution in [2.75, 3.05) is 17.2 Å². The van der Waals surface area contributed by atoms with Crippen molar-refractivity contribution >= 4 is 44.9 Å². The normalized spacial score (nSPS) is 21.1. The van der Waals surface area contributed by atoms with E-state index in [-0.39, 0.29) is 16.6 Å². The first kappa shape index (κ1) is 10.7. The van der Waals surface area contributed by atoms with Crippen LogP contribution in [-0.2, 0) is 4.79 Å². The van der Waals surface area contributed by atoms with Crippen molar-refractivity contribution < 1.29 is 4.79 Å². The molecular formula is C9H9BrClN3O.